The zero-order valence-electron chi connectivity index (χ0n) is 18.1. The normalized spacial score (nSPS) is 16.8. The van der Waals surface area contributed by atoms with Crippen LogP contribution < -0.4 is 10.1 Å². The van der Waals surface area contributed by atoms with Gasteiger partial charge in [0.05, 0.1) is 16.3 Å². The van der Waals surface area contributed by atoms with Gasteiger partial charge in [0.1, 0.15) is 23.5 Å². The Hall–Kier alpha value is -3.95. The van der Waals surface area contributed by atoms with Crippen molar-refractivity contribution in [2.75, 3.05) is 0 Å². The monoisotopic (exact) mass is 460 g/mol. The van der Waals surface area contributed by atoms with Gasteiger partial charge < -0.3 is 19.5 Å². The van der Waals surface area contributed by atoms with Crippen LogP contribution in [-0.4, -0.2) is 17.7 Å². The highest BCUT2D eigenvalue weighted by Gasteiger charge is 2.41. The highest BCUT2D eigenvalue weighted by Crippen LogP contribution is 2.43. The number of para-hydroxylation sites is 1. The van der Waals surface area contributed by atoms with Gasteiger partial charge in [0.15, 0.2) is 0 Å². The molecule has 2 aromatic carbocycles. The molecule has 8 nitrogen and oxygen atoms in total. The van der Waals surface area contributed by atoms with Crippen molar-refractivity contribution in [3.8, 4) is 5.75 Å². The van der Waals surface area contributed by atoms with E-state index in [-0.39, 0.29) is 28.5 Å². The summed E-state index contributed by atoms with van der Waals surface area (Å²) in [7, 11) is 0. The number of ether oxygens (including phenoxy) is 3. The highest BCUT2D eigenvalue weighted by atomic mass is 19.3. The van der Waals surface area contributed by atoms with Gasteiger partial charge in [-0.25, -0.2) is 4.79 Å². The average molecular weight is 460 g/mol. The van der Waals surface area contributed by atoms with Crippen LogP contribution in [0.15, 0.2) is 77.4 Å². The molecule has 0 fully saturated rings. The minimum absolute atomic E-state index is 0.0450. The minimum atomic E-state index is -3.15. The number of nitrogens with one attached hydrogen (secondary N) is 1. The van der Waals surface area contributed by atoms with Crippen LogP contribution in [0.1, 0.15) is 43.9 Å². The summed E-state index contributed by atoms with van der Waals surface area (Å²) < 4.78 is 41.3. The third-order valence-corrected chi connectivity index (χ3v) is 5.04. The Morgan fingerprint density at radius 1 is 1.06 bits per heavy atom. The fraction of sp³-hybridized carbons (Fsp3) is 0.261. The summed E-state index contributed by atoms with van der Waals surface area (Å²) in [5, 5.41) is 14.7. The summed E-state index contributed by atoms with van der Waals surface area (Å²) in [6, 6.07) is 14.6. The maximum atomic E-state index is 13.0. The van der Waals surface area contributed by atoms with Gasteiger partial charge in [-0.3, -0.25) is 10.1 Å². The van der Waals surface area contributed by atoms with E-state index in [1.165, 1.54) is 31.2 Å². The Labute approximate surface area is 188 Å². The summed E-state index contributed by atoms with van der Waals surface area (Å²) in [5.74, 6) is -1.72. The Kier molecular flexibility index (Phi) is 7.27. The maximum absolute atomic E-state index is 13.0. The molecule has 0 spiro atoms. The third-order valence-electron chi connectivity index (χ3n) is 5.04. The molecule has 2 aromatic rings. The quantitative estimate of drug-likeness (QED) is 0.325. The van der Waals surface area contributed by atoms with Crippen LogP contribution in [0, 0.1) is 10.1 Å². The first-order chi connectivity index (χ1) is 15.7. The molecule has 1 N–H and O–H groups in total. The van der Waals surface area contributed by atoms with Crippen LogP contribution in [0.2, 0.25) is 0 Å². The average Bonchev–Trinajstić information content (AvgIpc) is 2.75. The van der Waals surface area contributed by atoms with E-state index < -0.39 is 29.7 Å². The molecule has 0 radical (unpaired) electrons. The zero-order chi connectivity index (χ0) is 24.1. The Morgan fingerprint density at radius 2 is 1.70 bits per heavy atom. The van der Waals surface area contributed by atoms with Gasteiger partial charge in [0.25, 0.3) is 5.70 Å². The van der Waals surface area contributed by atoms with Crippen molar-refractivity contribution in [1.82, 2.24) is 5.32 Å². The minimum Gasteiger partial charge on any atom is -0.435 e. The molecule has 0 amide bonds. The van der Waals surface area contributed by atoms with Crippen molar-refractivity contribution in [2.45, 2.75) is 39.4 Å². The number of carbonyl (C=O) groups excluding carboxylic acids is 1. The number of rotatable bonds is 7. The summed E-state index contributed by atoms with van der Waals surface area (Å²) >= 11 is 0. The molecule has 0 aliphatic carbocycles. The molecule has 0 bridgehead atoms. The number of nitrogens with zero attached hydrogens (tertiary/aromatic N) is 1. The summed E-state index contributed by atoms with van der Waals surface area (Å²) in [5.41, 5.74) is 0.858. The Morgan fingerprint density at radius 3 is 2.33 bits per heavy atom. The van der Waals surface area contributed by atoms with E-state index in [0.717, 1.165) is 5.56 Å². The van der Waals surface area contributed by atoms with E-state index in [2.05, 4.69) is 10.1 Å². The predicted octanol–water partition coefficient (Wildman–Crippen LogP) is 5.63. The predicted molar refractivity (Wildman–Crippen MR) is 114 cm³/mol. The number of benzene rings is 2. The number of hydrogen-bond donors (Lipinski definition) is 1. The number of dihydropyridines is 1. The highest BCUT2D eigenvalue weighted by molar-refractivity contribution is 5.63. The van der Waals surface area contributed by atoms with E-state index in [1.54, 1.807) is 38.1 Å². The van der Waals surface area contributed by atoms with Crippen LogP contribution in [0.5, 0.6) is 5.75 Å². The largest absolute Gasteiger partial charge is 0.514 e. The van der Waals surface area contributed by atoms with Crippen molar-refractivity contribution < 1.29 is 32.7 Å². The number of alkyl halides is 2. The van der Waals surface area contributed by atoms with Crippen molar-refractivity contribution in [3.63, 3.8) is 0 Å². The van der Waals surface area contributed by atoms with Crippen LogP contribution in [0.25, 0.3) is 0 Å². The number of nitro groups is 1. The number of allylic oxidation sites excluding steroid dienone is 2. The molecule has 10 heteroatoms. The topological polar surface area (TPSA) is 99.9 Å². The fourth-order valence-corrected chi connectivity index (χ4v) is 3.60. The van der Waals surface area contributed by atoms with Gasteiger partial charge in [-0.2, -0.15) is 8.78 Å². The molecule has 1 heterocycles. The first-order valence-electron chi connectivity index (χ1n) is 9.99. The Balaban J connectivity index is 1.97. The number of carbonyl (C=O) groups is 1. The lowest BCUT2D eigenvalue weighted by Crippen LogP contribution is -2.30. The molecule has 0 saturated carbocycles. The lowest BCUT2D eigenvalue weighted by atomic mass is 9.89. The molecule has 1 aliphatic heterocycles. The van der Waals surface area contributed by atoms with Crippen molar-refractivity contribution in [1.29, 1.82) is 0 Å². The molecule has 2 unspecified atom stereocenters. The van der Waals surface area contributed by atoms with Gasteiger partial charge in [-0.1, -0.05) is 48.5 Å². The van der Waals surface area contributed by atoms with Gasteiger partial charge >= 0.3 is 12.8 Å². The summed E-state index contributed by atoms with van der Waals surface area (Å²) in [4.78, 5) is 23.8. The van der Waals surface area contributed by atoms with Gasteiger partial charge in [0, 0.05) is 5.56 Å². The van der Waals surface area contributed by atoms with E-state index in [1.807, 2.05) is 6.07 Å². The molecule has 174 valence electrons. The number of hydrogen-bond acceptors (Lipinski definition) is 7. The van der Waals surface area contributed by atoms with E-state index in [4.69, 9.17) is 9.47 Å². The van der Waals surface area contributed by atoms with E-state index in [9.17, 15) is 23.7 Å². The van der Waals surface area contributed by atoms with Gasteiger partial charge in [0.2, 0.25) is 0 Å². The zero-order valence-corrected chi connectivity index (χ0v) is 18.1. The van der Waals surface area contributed by atoms with Gasteiger partial charge in [-0.15, -0.1) is 0 Å². The van der Waals surface area contributed by atoms with Crippen LogP contribution >= 0.6 is 0 Å². The summed E-state index contributed by atoms with van der Waals surface area (Å²) in [6.45, 7) is 1.51. The van der Waals surface area contributed by atoms with Crippen LogP contribution in [0.3, 0.4) is 0 Å². The second-order valence-corrected chi connectivity index (χ2v) is 7.25. The fourth-order valence-electron chi connectivity index (χ4n) is 3.60. The second-order valence-electron chi connectivity index (χ2n) is 7.25. The standard InChI is InChI=1S/C23H22F2N2O6/c1-13-20(27(29)30)19(17-11-7-8-12-18(17)32-22(24)25)21(14(2)26-13)33-23(28)31-15(3)16-9-5-4-6-10-16/h4-12,15,19,22,26H,1-3H3. The summed E-state index contributed by atoms with van der Waals surface area (Å²) in [6.07, 6.45) is -1.75. The van der Waals surface area contributed by atoms with Crippen molar-refractivity contribution in [3.05, 3.63) is 98.7 Å². The molecular formula is C23H22F2N2O6. The SMILES string of the molecule is CC1=C(OC(=O)OC(C)c2ccccc2)C(c2ccccc2OC(F)F)C([N+](=O)[O-])=C(C)N1. The molecule has 3 rings (SSSR count). The lowest BCUT2D eigenvalue weighted by molar-refractivity contribution is -0.431. The number of halogens is 2. The molecule has 2 atom stereocenters. The molecular weight excluding hydrogens is 438 g/mol. The van der Waals surface area contributed by atoms with Crippen LogP contribution in [-0.2, 0) is 9.47 Å². The smallest absolute Gasteiger partial charge is 0.435 e. The maximum Gasteiger partial charge on any atom is 0.514 e. The van der Waals surface area contributed by atoms with E-state index >= 15 is 0 Å². The lowest BCUT2D eigenvalue weighted by Gasteiger charge is -2.27. The molecule has 0 saturated heterocycles. The van der Waals surface area contributed by atoms with E-state index in [0.29, 0.717) is 5.70 Å². The first-order valence-corrected chi connectivity index (χ1v) is 9.99. The Bertz CT molecular complexity index is 1100. The third kappa shape index (κ3) is 5.46. The molecule has 1 aliphatic rings. The van der Waals surface area contributed by atoms with Gasteiger partial charge in [-0.05, 0) is 32.4 Å². The molecule has 0 aromatic heterocycles. The first kappa shape index (κ1) is 23.7. The van der Waals surface area contributed by atoms with Crippen molar-refractivity contribution >= 4 is 6.16 Å². The molecule has 33 heavy (non-hydrogen) atoms. The van der Waals surface area contributed by atoms with Crippen LogP contribution in [0.4, 0.5) is 13.6 Å². The second kappa shape index (κ2) is 10.1. The van der Waals surface area contributed by atoms with Crippen molar-refractivity contribution in [2.24, 2.45) is 0 Å².